The molecule has 0 heterocycles. The van der Waals surface area contributed by atoms with Gasteiger partial charge in [0.25, 0.3) is 11.8 Å². The molecule has 1 aliphatic carbocycles. The number of ether oxygens (including phenoxy) is 1. The van der Waals surface area contributed by atoms with Gasteiger partial charge in [0.1, 0.15) is 11.6 Å². The second-order valence-corrected chi connectivity index (χ2v) is 8.68. The van der Waals surface area contributed by atoms with Crippen molar-refractivity contribution in [2.45, 2.75) is 38.0 Å². The van der Waals surface area contributed by atoms with Gasteiger partial charge in [0, 0.05) is 24.7 Å². The van der Waals surface area contributed by atoms with E-state index in [-0.39, 0.29) is 36.1 Å². The molecule has 2 aromatic rings. The second-order valence-electron chi connectivity index (χ2n) is 8.28. The highest BCUT2D eigenvalue weighted by Gasteiger charge is 2.33. The van der Waals surface area contributed by atoms with Gasteiger partial charge >= 0.3 is 12.1 Å². The minimum atomic E-state index is -4.64. The lowest BCUT2D eigenvalue weighted by Crippen LogP contribution is -2.35. The minimum Gasteiger partial charge on any atom is -0.490 e. The molecule has 1 saturated carbocycles. The Morgan fingerprint density at radius 1 is 0.972 bits per heavy atom. The lowest BCUT2D eigenvalue weighted by atomic mass is 9.87. The SMILES string of the molecule is O=C(NCCNC(=O)c1ccc(O[C@H]2CC[C@@H](C(=O)O)CC2)cc1F)c1ccc(C(F)(F)F)c(Cl)c1. The number of hydrogen-bond donors (Lipinski definition) is 3. The molecule has 0 bridgehead atoms. The van der Waals surface area contributed by atoms with Crippen molar-refractivity contribution in [1.82, 2.24) is 10.6 Å². The van der Waals surface area contributed by atoms with Crippen LogP contribution in [0.25, 0.3) is 0 Å². The smallest absolute Gasteiger partial charge is 0.417 e. The zero-order valence-corrected chi connectivity index (χ0v) is 19.6. The Morgan fingerprint density at radius 3 is 2.17 bits per heavy atom. The van der Waals surface area contributed by atoms with Crippen LogP contribution in [0.15, 0.2) is 36.4 Å². The van der Waals surface area contributed by atoms with Gasteiger partial charge in [0.15, 0.2) is 0 Å². The molecule has 0 aromatic heterocycles. The van der Waals surface area contributed by atoms with Crippen molar-refractivity contribution in [1.29, 1.82) is 0 Å². The maximum absolute atomic E-state index is 14.5. The summed E-state index contributed by atoms with van der Waals surface area (Å²) in [4.78, 5) is 35.4. The third-order valence-corrected chi connectivity index (χ3v) is 6.06. The summed E-state index contributed by atoms with van der Waals surface area (Å²) in [5.41, 5.74) is -1.38. The first-order valence-corrected chi connectivity index (χ1v) is 11.5. The molecule has 3 rings (SSSR count). The zero-order chi connectivity index (χ0) is 26.5. The van der Waals surface area contributed by atoms with Gasteiger partial charge in [-0.3, -0.25) is 14.4 Å². The number of carboxylic acid groups (broad SMARTS) is 1. The Bertz CT molecular complexity index is 1130. The summed E-state index contributed by atoms with van der Waals surface area (Å²) in [5.74, 6) is -3.24. The molecule has 0 radical (unpaired) electrons. The highest BCUT2D eigenvalue weighted by atomic mass is 35.5. The van der Waals surface area contributed by atoms with Crippen LogP contribution in [0.5, 0.6) is 5.75 Å². The predicted octanol–water partition coefficient (Wildman–Crippen LogP) is 4.68. The van der Waals surface area contributed by atoms with Crippen molar-refractivity contribution in [2.75, 3.05) is 13.1 Å². The molecular weight excluding hydrogens is 508 g/mol. The van der Waals surface area contributed by atoms with E-state index < -0.39 is 46.3 Å². The molecule has 0 aliphatic heterocycles. The topological polar surface area (TPSA) is 105 Å². The first kappa shape index (κ1) is 27.3. The van der Waals surface area contributed by atoms with E-state index >= 15 is 0 Å². The molecule has 36 heavy (non-hydrogen) atoms. The first-order chi connectivity index (χ1) is 17.0. The standard InChI is InChI=1S/C24H23ClF4N2O5/c25-19-11-14(3-8-18(19)24(27,28)29)21(32)30-9-10-31-22(33)17-7-6-16(12-20(17)26)36-15-4-1-13(2-5-15)23(34)35/h3,6-8,11-13,15H,1-2,4-5,9-10H2,(H,30,32)(H,31,33)(H,34,35)/t13-,15+. The van der Waals surface area contributed by atoms with E-state index in [1.54, 1.807) is 0 Å². The zero-order valence-electron chi connectivity index (χ0n) is 18.8. The van der Waals surface area contributed by atoms with E-state index in [0.29, 0.717) is 31.7 Å². The lowest BCUT2D eigenvalue weighted by molar-refractivity contribution is -0.143. The fourth-order valence-electron chi connectivity index (χ4n) is 3.81. The monoisotopic (exact) mass is 530 g/mol. The molecule has 0 unspecified atom stereocenters. The van der Waals surface area contributed by atoms with Crippen molar-refractivity contribution in [3.8, 4) is 5.75 Å². The molecule has 1 aliphatic rings. The summed E-state index contributed by atoms with van der Waals surface area (Å²) in [6, 6.07) is 6.36. The molecular formula is C24H23ClF4N2O5. The highest BCUT2D eigenvalue weighted by molar-refractivity contribution is 6.31. The largest absolute Gasteiger partial charge is 0.490 e. The maximum atomic E-state index is 14.5. The molecule has 3 N–H and O–H groups in total. The van der Waals surface area contributed by atoms with Gasteiger partial charge < -0.3 is 20.5 Å². The molecule has 0 saturated heterocycles. The number of amides is 2. The molecule has 2 aromatic carbocycles. The van der Waals surface area contributed by atoms with Crippen LogP contribution in [0, 0.1) is 11.7 Å². The van der Waals surface area contributed by atoms with Crippen molar-refractivity contribution in [3.05, 3.63) is 63.9 Å². The minimum absolute atomic E-state index is 0.0644. The van der Waals surface area contributed by atoms with E-state index in [0.717, 1.165) is 18.2 Å². The number of rotatable bonds is 8. The van der Waals surface area contributed by atoms with Crippen molar-refractivity contribution < 1.29 is 41.8 Å². The first-order valence-electron chi connectivity index (χ1n) is 11.1. The maximum Gasteiger partial charge on any atom is 0.417 e. The summed E-state index contributed by atoms with van der Waals surface area (Å²) in [7, 11) is 0. The van der Waals surface area contributed by atoms with Crippen LogP contribution < -0.4 is 15.4 Å². The molecule has 0 spiro atoms. The number of benzene rings is 2. The van der Waals surface area contributed by atoms with E-state index in [1.165, 1.54) is 12.1 Å². The van der Waals surface area contributed by atoms with E-state index in [1.807, 2.05) is 0 Å². The van der Waals surface area contributed by atoms with Crippen LogP contribution >= 0.6 is 11.6 Å². The molecule has 12 heteroatoms. The average Bonchev–Trinajstić information content (AvgIpc) is 2.81. The number of carbonyl (C=O) groups excluding carboxylic acids is 2. The summed E-state index contributed by atoms with van der Waals surface area (Å²) in [6.45, 7) is -0.130. The highest BCUT2D eigenvalue weighted by Crippen LogP contribution is 2.35. The summed E-state index contributed by atoms with van der Waals surface area (Å²) in [6.07, 6.45) is -2.85. The Labute approximate surface area is 208 Å². The molecule has 0 atom stereocenters. The van der Waals surface area contributed by atoms with Gasteiger partial charge in [-0.2, -0.15) is 13.2 Å². The third-order valence-electron chi connectivity index (χ3n) is 5.74. The van der Waals surface area contributed by atoms with Crippen LogP contribution in [-0.2, 0) is 11.0 Å². The summed E-state index contributed by atoms with van der Waals surface area (Å²) in [5, 5.41) is 13.3. The Balaban J connectivity index is 1.46. The number of halogens is 5. The van der Waals surface area contributed by atoms with Crippen LogP contribution in [0.3, 0.4) is 0 Å². The molecule has 7 nitrogen and oxygen atoms in total. The van der Waals surface area contributed by atoms with Crippen molar-refractivity contribution >= 4 is 29.4 Å². The normalized spacial score (nSPS) is 17.8. The number of aliphatic carboxylic acids is 1. The third kappa shape index (κ3) is 7.09. The molecule has 2 amide bonds. The lowest BCUT2D eigenvalue weighted by Gasteiger charge is -2.26. The van der Waals surface area contributed by atoms with Gasteiger partial charge in [0.05, 0.1) is 28.2 Å². The van der Waals surface area contributed by atoms with E-state index in [2.05, 4.69) is 10.6 Å². The van der Waals surface area contributed by atoms with Gasteiger partial charge in [0.2, 0.25) is 0 Å². The van der Waals surface area contributed by atoms with Crippen LogP contribution in [0.1, 0.15) is 52.0 Å². The number of carboxylic acids is 1. The van der Waals surface area contributed by atoms with Gasteiger partial charge in [-0.05, 0) is 56.0 Å². The van der Waals surface area contributed by atoms with E-state index in [9.17, 15) is 31.9 Å². The van der Waals surface area contributed by atoms with Gasteiger partial charge in [-0.15, -0.1) is 0 Å². The molecule has 194 valence electrons. The van der Waals surface area contributed by atoms with Crippen LogP contribution in [-0.4, -0.2) is 42.1 Å². The van der Waals surface area contributed by atoms with Crippen LogP contribution in [0.4, 0.5) is 17.6 Å². The van der Waals surface area contributed by atoms with Crippen molar-refractivity contribution in [2.24, 2.45) is 5.92 Å². The predicted molar refractivity (Wildman–Crippen MR) is 122 cm³/mol. The fraction of sp³-hybridized carbons (Fsp3) is 0.375. The number of alkyl halides is 3. The van der Waals surface area contributed by atoms with Gasteiger partial charge in [-0.1, -0.05) is 11.6 Å². The Hall–Kier alpha value is -3.34. The number of carbonyl (C=O) groups is 3. The summed E-state index contributed by atoms with van der Waals surface area (Å²) < 4.78 is 58.5. The van der Waals surface area contributed by atoms with Crippen molar-refractivity contribution in [3.63, 3.8) is 0 Å². The number of nitrogens with one attached hydrogen (secondary N) is 2. The number of hydrogen-bond acceptors (Lipinski definition) is 4. The Kier molecular flexibility index (Phi) is 8.78. The molecule has 1 fully saturated rings. The quantitative estimate of drug-likeness (QED) is 0.339. The fourth-order valence-corrected chi connectivity index (χ4v) is 4.10. The van der Waals surface area contributed by atoms with E-state index in [4.69, 9.17) is 21.4 Å². The van der Waals surface area contributed by atoms with Crippen LogP contribution in [0.2, 0.25) is 5.02 Å². The average molecular weight is 531 g/mol. The Morgan fingerprint density at radius 2 is 1.61 bits per heavy atom. The summed E-state index contributed by atoms with van der Waals surface area (Å²) >= 11 is 5.60. The van der Waals surface area contributed by atoms with Gasteiger partial charge in [-0.25, -0.2) is 4.39 Å². The second kappa shape index (κ2) is 11.6.